The number of fused-ring (bicyclic) bond motifs is 1. The Morgan fingerprint density at radius 3 is 2.02 bits per heavy atom. The number of hydrogen-bond acceptors (Lipinski definition) is 7. The second kappa shape index (κ2) is 12.5. The number of ether oxygens (including phenoxy) is 1. The molecule has 3 fully saturated rings. The van der Waals surface area contributed by atoms with Crippen molar-refractivity contribution in [3.63, 3.8) is 0 Å². The Kier molecular flexibility index (Phi) is 10.0. The predicted octanol–water partition coefficient (Wildman–Crippen LogP) is 1.64. The zero-order valence-electron chi connectivity index (χ0n) is 27.9. The second-order valence-corrected chi connectivity index (χ2v) is 15.7. The van der Waals surface area contributed by atoms with Crippen molar-refractivity contribution in [2.45, 2.75) is 98.8 Å². The van der Waals surface area contributed by atoms with Gasteiger partial charge in [0.15, 0.2) is 0 Å². The quantitative estimate of drug-likeness (QED) is 0.253. The zero-order valence-corrected chi connectivity index (χ0v) is 27.9. The maximum atomic E-state index is 14.2. The number of amides is 6. The van der Waals surface area contributed by atoms with Gasteiger partial charge in [0.25, 0.3) is 5.91 Å². The van der Waals surface area contributed by atoms with Crippen LogP contribution in [0.3, 0.4) is 0 Å². The first-order valence-electron chi connectivity index (χ1n) is 15.4. The van der Waals surface area contributed by atoms with Crippen molar-refractivity contribution in [3.8, 4) is 0 Å². The zero-order chi connectivity index (χ0) is 33.5. The molecule has 3 unspecified atom stereocenters. The van der Waals surface area contributed by atoms with Crippen LogP contribution in [0.4, 0.5) is 9.59 Å². The molecule has 44 heavy (non-hydrogen) atoms. The largest absolute Gasteiger partial charge is 0.447 e. The number of ketones is 1. The number of carbonyl (C=O) groups excluding carboxylic acids is 6. The number of hydrogen-bond donors (Lipinski definition) is 4. The Morgan fingerprint density at radius 1 is 0.955 bits per heavy atom. The number of primary amides is 1. The van der Waals surface area contributed by atoms with E-state index >= 15 is 0 Å². The van der Waals surface area contributed by atoms with Gasteiger partial charge in [-0.2, -0.15) is 0 Å². The minimum atomic E-state index is -1.10. The normalized spacial score (nSPS) is 24.2. The highest BCUT2D eigenvalue weighted by molar-refractivity contribution is 6.37. The Morgan fingerprint density at radius 2 is 1.55 bits per heavy atom. The third-order valence-electron chi connectivity index (χ3n) is 9.38. The van der Waals surface area contributed by atoms with Gasteiger partial charge in [0.2, 0.25) is 17.6 Å². The van der Waals surface area contributed by atoms with Crippen molar-refractivity contribution in [2.75, 3.05) is 27.2 Å². The van der Waals surface area contributed by atoms with E-state index in [2.05, 4.69) is 16.0 Å². The van der Waals surface area contributed by atoms with E-state index in [1.807, 2.05) is 55.4 Å². The molecule has 1 saturated heterocycles. The van der Waals surface area contributed by atoms with Gasteiger partial charge in [-0.25, -0.2) is 9.59 Å². The van der Waals surface area contributed by atoms with Crippen LogP contribution in [0.2, 0.25) is 0 Å². The number of likely N-dealkylation sites (tertiary alicyclic amines) is 1. The third kappa shape index (κ3) is 8.01. The summed E-state index contributed by atoms with van der Waals surface area (Å²) in [4.78, 5) is 80.4. The number of Topliss-reactive ketones (excluding diaryl/α,β-unsaturated/α-hetero) is 1. The summed E-state index contributed by atoms with van der Waals surface area (Å²) in [5.74, 6) is -2.68. The average molecular weight is 621 g/mol. The van der Waals surface area contributed by atoms with Gasteiger partial charge in [-0.15, -0.1) is 0 Å². The second-order valence-electron chi connectivity index (χ2n) is 15.7. The first kappa shape index (κ1) is 35.1. The van der Waals surface area contributed by atoms with Crippen LogP contribution in [0.15, 0.2) is 0 Å². The Balaban J connectivity index is 1.80. The predicted molar refractivity (Wildman–Crippen MR) is 163 cm³/mol. The molecule has 13 heteroatoms. The van der Waals surface area contributed by atoms with E-state index in [0.29, 0.717) is 13.0 Å². The summed E-state index contributed by atoms with van der Waals surface area (Å²) in [6.07, 6.45) is 1.62. The molecule has 13 nitrogen and oxygen atoms in total. The Bertz CT molecular complexity index is 1170. The molecule has 5 N–H and O–H groups in total. The van der Waals surface area contributed by atoms with Crippen molar-refractivity contribution >= 4 is 35.6 Å². The van der Waals surface area contributed by atoms with E-state index in [9.17, 15) is 28.8 Å². The van der Waals surface area contributed by atoms with Gasteiger partial charge in [0, 0.05) is 20.6 Å². The highest BCUT2D eigenvalue weighted by Gasteiger charge is 2.70. The fourth-order valence-electron chi connectivity index (χ4n) is 6.10. The number of urea groups is 1. The van der Waals surface area contributed by atoms with Crippen molar-refractivity contribution in [1.29, 1.82) is 0 Å². The van der Waals surface area contributed by atoms with Gasteiger partial charge in [-0.05, 0) is 40.4 Å². The van der Waals surface area contributed by atoms with Gasteiger partial charge >= 0.3 is 12.1 Å². The molecule has 6 amide bonds. The summed E-state index contributed by atoms with van der Waals surface area (Å²) in [6.45, 7) is 15.5. The van der Waals surface area contributed by atoms with Crippen LogP contribution in [0, 0.1) is 34.0 Å². The van der Waals surface area contributed by atoms with Crippen LogP contribution >= 0.6 is 0 Å². The molecular weight excluding hydrogens is 568 g/mol. The van der Waals surface area contributed by atoms with E-state index < -0.39 is 70.6 Å². The number of nitrogens with zero attached hydrogens (tertiary/aromatic N) is 2. The first-order valence-corrected chi connectivity index (χ1v) is 15.4. The van der Waals surface area contributed by atoms with Gasteiger partial charge in [0.1, 0.15) is 18.7 Å². The lowest BCUT2D eigenvalue weighted by Crippen LogP contribution is -2.62. The van der Waals surface area contributed by atoms with Gasteiger partial charge in [-0.1, -0.05) is 68.2 Å². The van der Waals surface area contributed by atoms with Crippen LogP contribution < -0.4 is 21.7 Å². The van der Waals surface area contributed by atoms with Crippen molar-refractivity contribution in [2.24, 2.45) is 39.7 Å². The summed E-state index contributed by atoms with van der Waals surface area (Å²) < 4.78 is 5.33. The number of nitrogens with two attached hydrogens (primary N) is 1. The van der Waals surface area contributed by atoms with Crippen LogP contribution in [0.1, 0.15) is 74.7 Å². The fraction of sp³-hybridized carbons (Fsp3) is 0.806. The molecule has 0 aromatic carbocycles. The average Bonchev–Trinajstić information content (AvgIpc) is 3.74. The van der Waals surface area contributed by atoms with E-state index in [1.165, 1.54) is 9.80 Å². The summed E-state index contributed by atoms with van der Waals surface area (Å²) in [6, 6.07) is -4.08. The summed E-state index contributed by atoms with van der Waals surface area (Å²) >= 11 is 0. The van der Waals surface area contributed by atoms with Crippen molar-refractivity contribution < 1.29 is 33.5 Å². The molecule has 0 spiro atoms. The Hall–Kier alpha value is -3.38. The molecular formula is C31H52N6O7. The first-order chi connectivity index (χ1) is 20.1. The lowest BCUT2D eigenvalue weighted by molar-refractivity contribution is -0.145. The molecule has 6 atom stereocenters. The maximum absolute atomic E-state index is 14.2. The molecule has 0 radical (unpaired) electrons. The SMILES string of the molecule is CN(C)C(=O)OC[C@@H](NC(=O)N[C@H](C(=O)N1CC2[C@@H](C1C(=O)NC(CC1CC1)C(=O)C(N)=O)C2(C)C)C(C)(C)C)C(C)(C)C. The topological polar surface area (TPSA) is 180 Å². The molecule has 3 aliphatic rings. The summed E-state index contributed by atoms with van der Waals surface area (Å²) in [5.41, 5.74) is 3.88. The molecule has 248 valence electrons. The van der Waals surface area contributed by atoms with E-state index in [-0.39, 0.29) is 29.8 Å². The van der Waals surface area contributed by atoms with Crippen LogP contribution in [-0.4, -0.2) is 96.8 Å². The van der Waals surface area contributed by atoms with E-state index in [0.717, 1.165) is 12.8 Å². The van der Waals surface area contributed by atoms with Gasteiger partial charge in [0.05, 0.1) is 12.1 Å². The fourth-order valence-corrected chi connectivity index (χ4v) is 6.10. The van der Waals surface area contributed by atoms with Crippen molar-refractivity contribution in [1.82, 2.24) is 25.8 Å². The van der Waals surface area contributed by atoms with Crippen LogP contribution in [0.25, 0.3) is 0 Å². The molecule has 1 heterocycles. The lowest BCUT2D eigenvalue weighted by atomic mass is 9.85. The molecule has 2 aliphatic carbocycles. The molecule has 0 aromatic rings. The standard InChI is InChI=1S/C31H52N6O7/c1-29(2,3)19(15-44-28(43)36(9)10)34-27(42)35-23(30(4,5)6)26(41)37-14-17-20(31(17,7)8)21(37)25(40)33-18(13-16-11-12-16)22(38)24(32)39/h16-21,23H,11-15H2,1-10H3,(H2,32,39)(H,33,40)(H2,34,35,42)/t17?,18?,19-,20+,21?,23-/m1/s1. The van der Waals surface area contributed by atoms with E-state index in [4.69, 9.17) is 10.5 Å². The number of piperidine rings is 1. The van der Waals surface area contributed by atoms with Crippen LogP contribution in [0.5, 0.6) is 0 Å². The molecule has 0 aromatic heterocycles. The number of rotatable bonds is 11. The van der Waals surface area contributed by atoms with Crippen molar-refractivity contribution in [3.05, 3.63) is 0 Å². The van der Waals surface area contributed by atoms with Gasteiger partial charge in [-0.3, -0.25) is 19.2 Å². The summed E-state index contributed by atoms with van der Waals surface area (Å²) in [5, 5.41) is 8.44. The number of carbonyl (C=O) groups is 6. The minimum Gasteiger partial charge on any atom is -0.447 e. The summed E-state index contributed by atoms with van der Waals surface area (Å²) in [7, 11) is 3.13. The molecule has 1 aliphatic heterocycles. The van der Waals surface area contributed by atoms with E-state index in [1.54, 1.807) is 14.1 Å². The van der Waals surface area contributed by atoms with Gasteiger partial charge < -0.3 is 36.2 Å². The lowest BCUT2D eigenvalue weighted by Gasteiger charge is -2.38. The maximum Gasteiger partial charge on any atom is 0.409 e. The highest BCUT2D eigenvalue weighted by atomic mass is 16.6. The Labute approximate surface area is 260 Å². The molecule has 0 bridgehead atoms. The highest BCUT2D eigenvalue weighted by Crippen LogP contribution is 2.65. The number of nitrogens with one attached hydrogen (secondary N) is 3. The van der Waals surface area contributed by atoms with Crippen LogP contribution in [-0.2, 0) is 23.9 Å². The molecule has 3 rings (SSSR count). The third-order valence-corrected chi connectivity index (χ3v) is 9.38. The molecule has 2 saturated carbocycles. The minimum absolute atomic E-state index is 0.0685. The smallest absolute Gasteiger partial charge is 0.409 e. The monoisotopic (exact) mass is 620 g/mol.